The van der Waals surface area contributed by atoms with E-state index in [2.05, 4.69) is 5.32 Å². The Morgan fingerprint density at radius 2 is 2.50 bits per heavy atom. The number of hydrogen-bond donors (Lipinski definition) is 2. The van der Waals surface area contributed by atoms with Crippen molar-refractivity contribution in [2.24, 2.45) is 5.73 Å². The molecule has 1 rings (SSSR count). The molecule has 0 aromatic rings. The summed E-state index contributed by atoms with van der Waals surface area (Å²) >= 11 is 0. The van der Waals surface area contributed by atoms with Gasteiger partial charge in [-0.15, -0.1) is 0 Å². The molecule has 0 radical (unpaired) electrons. The summed E-state index contributed by atoms with van der Waals surface area (Å²) < 4.78 is 0. The summed E-state index contributed by atoms with van der Waals surface area (Å²) in [6.07, 6.45) is 2.70. The molecule has 6 heavy (non-hydrogen) atoms. The molecule has 1 fully saturated rings. The second-order valence-corrected chi connectivity index (χ2v) is 1.70. The van der Waals surface area contributed by atoms with E-state index in [0.29, 0.717) is 6.17 Å². The molecule has 36 valence electrons. The van der Waals surface area contributed by atoms with Crippen molar-refractivity contribution in [2.45, 2.75) is 19.0 Å². The van der Waals surface area contributed by atoms with E-state index in [1.54, 1.807) is 0 Å². The van der Waals surface area contributed by atoms with Gasteiger partial charge in [0.15, 0.2) is 0 Å². The van der Waals surface area contributed by atoms with Crippen LogP contribution in [0.3, 0.4) is 0 Å². The summed E-state index contributed by atoms with van der Waals surface area (Å²) in [7, 11) is 0. The highest BCUT2D eigenvalue weighted by Gasteiger charge is 2.05. The smallest absolute Gasteiger partial charge is 0.0546 e. The highest BCUT2D eigenvalue weighted by Crippen LogP contribution is 1.96. The highest BCUT2D eigenvalue weighted by molar-refractivity contribution is 4.66. The molecular formula is C4H10N2. The fourth-order valence-corrected chi connectivity index (χ4v) is 0.711. The van der Waals surface area contributed by atoms with Crippen LogP contribution >= 0.6 is 0 Å². The largest absolute Gasteiger partial charge is 0.316 e. The minimum absolute atomic E-state index is 0.296. The van der Waals surface area contributed by atoms with Gasteiger partial charge in [-0.2, -0.15) is 0 Å². The van der Waals surface area contributed by atoms with Crippen molar-refractivity contribution in [3.8, 4) is 0 Å². The van der Waals surface area contributed by atoms with Crippen LogP contribution in [0.25, 0.3) is 0 Å². The van der Waals surface area contributed by atoms with Crippen LogP contribution in [-0.2, 0) is 0 Å². The minimum Gasteiger partial charge on any atom is -0.316 e. The normalized spacial score (nSPS) is 34.5. The molecular weight excluding hydrogens is 76.1 g/mol. The van der Waals surface area contributed by atoms with Crippen molar-refractivity contribution >= 4 is 0 Å². The topological polar surface area (TPSA) is 38.0 Å². The molecule has 0 saturated carbocycles. The van der Waals surface area contributed by atoms with Gasteiger partial charge in [-0.3, -0.25) is 0 Å². The Kier molecular flexibility index (Phi) is 1.08. The van der Waals surface area contributed by atoms with Gasteiger partial charge in [-0.25, -0.2) is 0 Å². The van der Waals surface area contributed by atoms with Crippen LogP contribution in [0.5, 0.6) is 0 Å². The van der Waals surface area contributed by atoms with Gasteiger partial charge < -0.3 is 11.1 Å². The summed E-state index contributed by atoms with van der Waals surface area (Å²) in [4.78, 5) is 0. The maximum absolute atomic E-state index is 5.42. The van der Waals surface area contributed by atoms with Crippen LogP contribution in [0, 0.1) is 0 Å². The zero-order valence-electron chi connectivity index (χ0n) is 3.78. The fraction of sp³-hybridized carbons (Fsp3) is 1.00. The van der Waals surface area contributed by atoms with Crippen molar-refractivity contribution in [2.75, 3.05) is 6.54 Å². The average Bonchev–Trinajstić information content (AvgIpc) is 1.86. The van der Waals surface area contributed by atoms with E-state index < -0.39 is 0 Å². The molecule has 3 N–H and O–H groups in total. The molecule has 0 bridgehead atoms. The molecule has 0 aromatic heterocycles. The Bertz CT molecular complexity index is 38.8. The SMILES string of the molecule is N[C@@H]1CCCN1. The standard InChI is InChI=1S/C4H10N2/c5-4-2-1-3-6-4/h4,6H,1-3,5H2/t4-/m0/s1. The molecule has 0 aliphatic carbocycles. The summed E-state index contributed by atoms with van der Waals surface area (Å²) in [5.74, 6) is 0. The molecule has 1 heterocycles. The monoisotopic (exact) mass is 86.1 g/mol. The van der Waals surface area contributed by atoms with E-state index in [9.17, 15) is 0 Å². The van der Waals surface area contributed by atoms with Gasteiger partial charge in [0.05, 0.1) is 6.17 Å². The number of nitrogens with two attached hydrogens (primary N) is 1. The Hall–Kier alpha value is -0.0800. The second kappa shape index (κ2) is 1.58. The third-order valence-corrected chi connectivity index (χ3v) is 1.10. The van der Waals surface area contributed by atoms with E-state index in [0.717, 1.165) is 13.0 Å². The predicted octanol–water partition coefficient (Wildman–Crippen LogP) is -0.345. The first-order valence-corrected chi connectivity index (χ1v) is 2.38. The highest BCUT2D eigenvalue weighted by atomic mass is 15.0. The first-order chi connectivity index (χ1) is 2.89. The molecule has 1 aliphatic heterocycles. The van der Waals surface area contributed by atoms with Crippen molar-refractivity contribution in [3.05, 3.63) is 0 Å². The lowest BCUT2D eigenvalue weighted by Crippen LogP contribution is -2.30. The maximum atomic E-state index is 5.42. The lowest BCUT2D eigenvalue weighted by atomic mass is 10.3. The van der Waals surface area contributed by atoms with Crippen LogP contribution in [-0.4, -0.2) is 12.7 Å². The van der Waals surface area contributed by atoms with Crippen LogP contribution in [0.1, 0.15) is 12.8 Å². The molecule has 2 heteroatoms. The van der Waals surface area contributed by atoms with Gasteiger partial charge in [-0.05, 0) is 19.4 Å². The summed E-state index contributed by atoms with van der Waals surface area (Å²) in [5, 5.41) is 3.10. The summed E-state index contributed by atoms with van der Waals surface area (Å²) in [6, 6.07) is 0. The number of nitrogens with one attached hydrogen (secondary N) is 1. The lowest BCUT2D eigenvalue weighted by Gasteiger charge is -1.95. The van der Waals surface area contributed by atoms with Gasteiger partial charge in [0.25, 0.3) is 0 Å². The van der Waals surface area contributed by atoms with E-state index in [4.69, 9.17) is 5.73 Å². The van der Waals surface area contributed by atoms with Crippen molar-refractivity contribution in [3.63, 3.8) is 0 Å². The minimum atomic E-state index is 0.296. The van der Waals surface area contributed by atoms with Crippen molar-refractivity contribution < 1.29 is 0 Å². The van der Waals surface area contributed by atoms with Gasteiger partial charge in [-0.1, -0.05) is 0 Å². The first-order valence-electron chi connectivity index (χ1n) is 2.38. The van der Waals surface area contributed by atoms with E-state index in [1.807, 2.05) is 0 Å². The number of rotatable bonds is 0. The van der Waals surface area contributed by atoms with Crippen LogP contribution in [0.2, 0.25) is 0 Å². The van der Waals surface area contributed by atoms with Crippen molar-refractivity contribution in [1.29, 1.82) is 0 Å². The van der Waals surface area contributed by atoms with Gasteiger partial charge in [0.1, 0.15) is 0 Å². The number of hydrogen-bond acceptors (Lipinski definition) is 2. The average molecular weight is 86.1 g/mol. The molecule has 0 aromatic carbocycles. The van der Waals surface area contributed by atoms with Crippen molar-refractivity contribution in [1.82, 2.24) is 5.32 Å². The Labute approximate surface area is 37.7 Å². The molecule has 1 saturated heterocycles. The van der Waals surface area contributed by atoms with Gasteiger partial charge >= 0.3 is 0 Å². The third kappa shape index (κ3) is 0.698. The molecule has 1 aliphatic rings. The maximum Gasteiger partial charge on any atom is 0.0546 e. The lowest BCUT2D eigenvalue weighted by molar-refractivity contribution is 0.634. The second-order valence-electron chi connectivity index (χ2n) is 1.70. The van der Waals surface area contributed by atoms with E-state index in [-0.39, 0.29) is 0 Å². The van der Waals surface area contributed by atoms with E-state index >= 15 is 0 Å². The zero-order valence-corrected chi connectivity index (χ0v) is 3.78. The molecule has 0 amide bonds. The van der Waals surface area contributed by atoms with Crippen LogP contribution in [0.15, 0.2) is 0 Å². The molecule has 1 atom stereocenters. The predicted molar refractivity (Wildman–Crippen MR) is 25.2 cm³/mol. The zero-order chi connectivity index (χ0) is 4.41. The molecule has 0 spiro atoms. The van der Waals surface area contributed by atoms with E-state index in [1.165, 1.54) is 6.42 Å². The fourth-order valence-electron chi connectivity index (χ4n) is 0.711. The summed E-state index contributed by atoms with van der Waals surface area (Å²) in [6.45, 7) is 1.11. The molecule has 2 nitrogen and oxygen atoms in total. The Morgan fingerprint density at radius 3 is 2.67 bits per heavy atom. The molecule has 0 unspecified atom stereocenters. The van der Waals surface area contributed by atoms with Crippen LogP contribution < -0.4 is 11.1 Å². The third-order valence-electron chi connectivity index (χ3n) is 1.10. The summed E-state index contributed by atoms with van der Waals surface area (Å²) in [5.41, 5.74) is 5.42. The van der Waals surface area contributed by atoms with Gasteiger partial charge in [0, 0.05) is 0 Å². The Balaban J connectivity index is 2.18. The quantitative estimate of drug-likeness (QED) is 0.423. The first kappa shape index (κ1) is 4.09. The van der Waals surface area contributed by atoms with Gasteiger partial charge in [0.2, 0.25) is 0 Å². The van der Waals surface area contributed by atoms with Crippen LogP contribution in [0.4, 0.5) is 0 Å². The Morgan fingerprint density at radius 1 is 1.67 bits per heavy atom.